The maximum absolute atomic E-state index is 13.5. The SMILES string of the molecule is C[C@H]1CCCc2sc3nc(SCC(N)=O)n(-c4ccccc4)c(=O)c3c21. The molecule has 7 heteroatoms. The first-order valence-electron chi connectivity index (χ1n) is 8.61. The van der Waals surface area contributed by atoms with E-state index in [1.54, 1.807) is 15.9 Å². The van der Waals surface area contributed by atoms with Gasteiger partial charge in [-0.3, -0.25) is 14.2 Å². The van der Waals surface area contributed by atoms with Crippen molar-refractivity contribution in [2.45, 2.75) is 37.3 Å². The number of nitrogens with zero attached hydrogens (tertiary/aromatic N) is 2. The van der Waals surface area contributed by atoms with Crippen LogP contribution in [0.2, 0.25) is 0 Å². The monoisotopic (exact) mass is 385 g/mol. The van der Waals surface area contributed by atoms with E-state index in [4.69, 9.17) is 10.7 Å². The first-order valence-corrected chi connectivity index (χ1v) is 10.4. The fourth-order valence-corrected chi connectivity index (χ4v) is 5.68. The van der Waals surface area contributed by atoms with E-state index in [0.717, 1.165) is 35.2 Å². The summed E-state index contributed by atoms with van der Waals surface area (Å²) < 4.78 is 1.62. The molecular formula is C19H19N3O2S2. The Bertz CT molecular complexity index is 1040. The number of aryl methyl sites for hydroxylation is 1. The van der Waals surface area contributed by atoms with Crippen molar-refractivity contribution in [1.29, 1.82) is 0 Å². The molecule has 1 aliphatic carbocycles. The normalized spacial score (nSPS) is 16.6. The number of amides is 1. The Balaban J connectivity index is 2.00. The Morgan fingerprint density at radius 2 is 2.15 bits per heavy atom. The highest BCUT2D eigenvalue weighted by Crippen LogP contribution is 2.40. The van der Waals surface area contributed by atoms with Gasteiger partial charge in [0.25, 0.3) is 5.56 Å². The zero-order valence-electron chi connectivity index (χ0n) is 14.4. The molecule has 0 saturated heterocycles. The van der Waals surface area contributed by atoms with Crippen LogP contribution in [0.25, 0.3) is 15.9 Å². The van der Waals surface area contributed by atoms with Crippen LogP contribution in [0.4, 0.5) is 0 Å². The van der Waals surface area contributed by atoms with Crippen molar-refractivity contribution in [3.05, 3.63) is 51.1 Å². The zero-order chi connectivity index (χ0) is 18.3. The maximum Gasteiger partial charge on any atom is 0.267 e. The van der Waals surface area contributed by atoms with Gasteiger partial charge in [0.2, 0.25) is 5.91 Å². The minimum atomic E-state index is -0.428. The molecule has 4 rings (SSSR count). The van der Waals surface area contributed by atoms with Crippen LogP contribution in [-0.4, -0.2) is 21.2 Å². The largest absolute Gasteiger partial charge is 0.369 e. The van der Waals surface area contributed by atoms with E-state index in [1.807, 2.05) is 30.3 Å². The van der Waals surface area contributed by atoms with Crippen LogP contribution in [-0.2, 0) is 11.2 Å². The van der Waals surface area contributed by atoms with Gasteiger partial charge in [0.1, 0.15) is 4.83 Å². The van der Waals surface area contributed by atoms with Gasteiger partial charge < -0.3 is 5.73 Å². The molecule has 1 aromatic carbocycles. The highest BCUT2D eigenvalue weighted by atomic mass is 32.2. The van der Waals surface area contributed by atoms with E-state index in [9.17, 15) is 9.59 Å². The molecule has 2 N–H and O–H groups in total. The van der Waals surface area contributed by atoms with Crippen LogP contribution in [0.3, 0.4) is 0 Å². The molecule has 26 heavy (non-hydrogen) atoms. The number of rotatable bonds is 4. The van der Waals surface area contributed by atoms with Gasteiger partial charge in [0.05, 0.1) is 16.8 Å². The number of fused-ring (bicyclic) bond motifs is 3. The highest BCUT2D eigenvalue weighted by molar-refractivity contribution is 7.99. The van der Waals surface area contributed by atoms with Gasteiger partial charge in [0, 0.05) is 4.88 Å². The van der Waals surface area contributed by atoms with Gasteiger partial charge in [-0.2, -0.15) is 0 Å². The lowest BCUT2D eigenvalue weighted by Crippen LogP contribution is -2.23. The van der Waals surface area contributed by atoms with Crippen LogP contribution in [0.1, 0.15) is 36.1 Å². The van der Waals surface area contributed by atoms with E-state index < -0.39 is 5.91 Å². The van der Waals surface area contributed by atoms with Crippen molar-refractivity contribution in [1.82, 2.24) is 9.55 Å². The molecule has 5 nitrogen and oxygen atoms in total. The summed E-state index contributed by atoms with van der Waals surface area (Å²) in [6, 6.07) is 9.45. The Morgan fingerprint density at radius 3 is 2.88 bits per heavy atom. The number of hydrogen-bond donors (Lipinski definition) is 1. The average molecular weight is 386 g/mol. The van der Waals surface area contributed by atoms with Crippen molar-refractivity contribution in [3.63, 3.8) is 0 Å². The maximum atomic E-state index is 13.5. The fraction of sp³-hybridized carbons (Fsp3) is 0.316. The third kappa shape index (κ3) is 2.95. The van der Waals surface area contributed by atoms with E-state index in [-0.39, 0.29) is 11.3 Å². The number of carbonyl (C=O) groups excluding carboxylic acids is 1. The third-order valence-electron chi connectivity index (χ3n) is 4.70. The molecule has 2 aromatic heterocycles. The van der Waals surface area contributed by atoms with Crippen LogP contribution in [0.15, 0.2) is 40.3 Å². The Morgan fingerprint density at radius 1 is 1.38 bits per heavy atom. The van der Waals surface area contributed by atoms with Crippen LogP contribution in [0, 0.1) is 0 Å². The average Bonchev–Trinajstić information content (AvgIpc) is 3.00. The minimum Gasteiger partial charge on any atom is -0.369 e. The van der Waals surface area contributed by atoms with Crippen molar-refractivity contribution < 1.29 is 4.79 Å². The second kappa shape index (κ2) is 6.89. The number of thioether (sulfide) groups is 1. The Kier molecular flexibility index (Phi) is 4.58. The molecule has 1 atom stereocenters. The summed E-state index contributed by atoms with van der Waals surface area (Å²) in [6.07, 6.45) is 3.26. The van der Waals surface area contributed by atoms with Crippen molar-refractivity contribution in [3.8, 4) is 5.69 Å². The van der Waals surface area contributed by atoms with E-state index in [1.165, 1.54) is 22.2 Å². The number of nitrogens with two attached hydrogens (primary N) is 1. The summed E-state index contributed by atoms with van der Waals surface area (Å²) in [6.45, 7) is 2.19. The molecule has 0 radical (unpaired) electrons. The summed E-state index contributed by atoms with van der Waals surface area (Å²) >= 11 is 2.83. The zero-order valence-corrected chi connectivity index (χ0v) is 16.0. The Hall–Kier alpha value is -2.12. The van der Waals surface area contributed by atoms with Crippen LogP contribution in [0.5, 0.6) is 0 Å². The van der Waals surface area contributed by atoms with E-state index >= 15 is 0 Å². The first kappa shape index (κ1) is 17.3. The lowest BCUT2D eigenvalue weighted by Gasteiger charge is -2.19. The summed E-state index contributed by atoms with van der Waals surface area (Å²) in [5.74, 6) is 0.0325. The van der Waals surface area contributed by atoms with Crippen molar-refractivity contribution >= 4 is 39.2 Å². The third-order valence-corrected chi connectivity index (χ3v) is 6.82. The predicted octanol–water partition coefficient (Wildman–Crippen LogP) is 3.46. The smallest absolute Gasteiger partial charge is 0.267 e. The quantitative estimate of drug-likeness (QED) is 0.551. The number of para-hydroxylation sites is 1. The van der Waals surface area contributed by atoms with Crippen LogP contribution >= 0.6 is 23.1 Å². The molecule has 0 spiro atoms. The molecule has 1 aliphatic rings. The van der Waals surface area contributed by atoms with Crippen molar-refractivity contribution in [2.75, 3.05) is 5.75 Å². The van der Waals surface area contributed by atoms with Gasteiger partial charge >= 0.3 is 0 Å². The number of benzene rings is 1. The van der Waals surface area contributed by atoms with Gasteiger partial charge in [-0.1, -0.05) is 36.9 Å². The van der Waals surface area contributed by atoms with Gasteiger partial charge in [-0.05, 0) is 42.9 Å². The number of thiophene rings is 1. The molecule has 0 bridgehead atoms. The lowest BCUT2D eigenvalue weighted by atomic mass is 9.88. The highest BCUT2D eigenvalue weighted by Gasteiger charge is 2.26. The molecule has 0 aliphatic heterocycles. The van der Waals surface area contributed by atoms with Crippen LogP contribution < -0.4 is 11.3 Å². The summed E-state index contributed by atoms with van der Waals surface area (Å²) in [5, 5.41) is 1.25. The number of hydrogen-bond acceptors (Lipinski definition) is 5. The molecule has 0 fully saturated rings. The molecule has 0 unspecified atom stereocenters. The molecule has 134 valence electrons. The van der Waals surface area contributed by atoms with Gasteiger partial charge in [0.15, 0.2) is 5.16 Å². The second-order valence-electron chi connectivity index (χ2n) is 6.54. The molecule has 2 heterocycles. The molecule has 0 saturated carbocycles. The molecule has 1 amide bonds. The summed E-state index contributed by atoms with van der Waals surface area (Å²) in [4.78, 5) is 31.5. The van der Waals surface area contributed by atoms with E-state index in [2.05, 4.69) is 6.92 Å². The minimum absolute atomic E-state index is 0.0561. The van der Waals surface area contributed by atoms with Gasteiger partial charge in [-0.25, -0.2) is 4.98 Å². The summed E-state index contributed by atoms with van der Waals surface area (Å²) in [7, 11) is 0. The molecular weight excluding hydrogens is 366 g/mol. The second-order valence-corrected chi connectivity index (χ2v) is 8.56. The lowest BCUT2D eigenvalue weighted by molar-refractivity contribution is -0.115. The van der Waals surface area contributed by atoms with E-state index in [0.29, 0.717) is 11.1 Å². The van der Waals surface area contributed by atoms with Crippen molar-refractivity contribution in [2.24, 2.45) is 5.73 Å². The first-order chi connectivity index (χ1) is 12.6. The molecule has 3 aromatic rings. The summed E-state index contributed by atoms with van der Waals surface area (Å²) in [5.41, 5.74) is 7.17. The van der Waals surface area contributed by atoms with Gasteiger partial charge in [-0.15, -0.1) is 11.3 Å². The number of carbonyl (C=O) groups is 1. The Labute approximate surface area is 159 Å². The number of aromatic nitrogens is 2. The fourth-order valence-electron chi connectivity index (χ4n) is 3.56. The topological polar surface area (TPSA) is 78.0 Å². The standard InChI is InChI=1S/C19H19N3O2S2/c1-11-6-5-9-13-15(11)16-17(26-13)21-19(25-10-14(20)23)22(18(16)24)12-7-3-2-4-8-12/h2-4,7-8,11H,5-6,9-10H2,1H3,(H2,20,23)/t11-/m0/s1. The number of primary amides is 1. The predicted molar refractivity (Wildman–Crippen MR) is 106 cm³/mol.